The summed E-state index contributed by atoms with van der Waals surface area (Å²) in [5.41, 5.74) is 6.78. The number of hydrogen-bond donors (Lipinski definition) is 1. The van der Waals surface area contributed by atoms with Crippen molar-refractivity contribution in [1.29, 1.82) is 0 Å². The molecule has 0 unspecified atom stereocenters. The van der Waals surface area contributed by atoms with Gasteiger partial charge in [0, 0.05) is 6.08 Å². The average molecular weight is 380 g/mol. The molecule has 0 radical (unpaired) electrons. The standard InChI is InChI=1S/C19H25N3O3.ClH/c1-3-12-24-15-8-6-14(13-16(15)23-4-2)7-9-17-21-18(22-25-17)19(20)10-5-11-19;/h6-9,13H,3-5,10-12,20H2,1-2H3;1H/b9-7+;. The maximum absolute atomic E-state index is 6.21. The molecule has 3 rings (SSSR count). The van der Waals surface area contributed by atoms with Gasteiger partial charge in [-0.3, -0.25) is 0 Å². The summed E-state index contributed by atoms with van der Waals surface area (Å²) < 4.78 is 16.7. The molecule has 0 spiro atoms. The van der Waals surface area contributed by atoms with Gasteiger partial charge < -0.3 is 19.7 Å². The Hall–Kier alpha value is -2.05. The van der Waals surface area contributed by atoms with Crippen molar-refractivity contribution >= 4 is 24.6 Å². The van der Waals surface area contributed by atoms with Crippen molar-refractivity contribution in [2.75, 3.05) is 13.2 Å². The predicted molar refractivity (Wildman–Crippen MR) is 104 cm³/mol. The van der Waals surface area contributed by atoms with E-state index >= 15 is 0 Å². The van der Waals surface area contributed by atoms with E-state index < -0.39 is 5.54 Å². The number of benzene rings is 1. The SMILES string of the molecule is CCCOc1ccc(/C=C/c2nc(C3(N)CCC3)no2)cc1OCC.Cl. The summed E-state index contributed by atoms with van der Waals surface area (Å²) in [7, 11) is 0. The van der Waals surface area contributed by atoms with Crippen LogP contribution in [-0.2, 0) is 5.54 Å². The van der Waals surface area contributed by atoms with Crippen LogP contribution in [0, 0.1) is 0 Å². The molecule has 0 aliphatic heterocycles. The highest BCUT2D eigenvalue weighted by atomic mass is 35.5. The largest absolute Gasteiger partial charge is 0.490 e. The third kappa shape index (κ3) is 4.56. The van der Waals surface area contributed by atoms with Gasteiger partial charge in [0.2, 0.25) is 0 Å². The molecule has 142 valence electrons. The topological polar surface area (TPSA) is 83.4 Å². The van der Waals surface area contributed by atoms with Crippen molar-refractivity contribution in [2.45, 2.75) is 45.1 Å². The Bertz CT molecular complexity index is 741. The molecular weight excluding hydrogens is 354 g/mol. The van der Waals surface area contributed by atoms with Gasteiger partial charge in [-0.15, -0.1) is 12.4 Å². The first-order valence-corrected chi connectivity index (χ1v) is 8.85. The second-order valence-corrected chi connectivity index (χ2v) is 6.29. The second kappa shape index (κ2) is 9.05. The third-order valence-electron chi connectivity index (χ3n) is 4.28. The second-order valence-electron chi connectivity index (χ2n) is 6.29. The van der Waals surface area contributed by atoms with Crippen molar-refractivity contribution in [3.8, 4) is 11.5 Å². The van der Waals surface area contributed by atoms with E-state index in [0.717, 1.165) is 42.7 Å². The Morgan fingerprint density at radius 1 is 1.19 bits per heavy atom. The molecule has 26 heavy (non-hydrogen) atoms. The minimum Gasteiger partial charge on any atom is -0.490 e. The lowest BCUT2D eigenvalue weighted by Gasteiger charge is -2.34. The molecule has 2 aromatic rings. The molecule has 6 nitrogen and oxygen atoms in total. The van der Waals surface area contributed by atoms with Crippen LogP contribution in [0.1, 0.15) is 56.8 Å². The lowest BCUT2D eigenvalue weighted by Crippen LogP contribution is -2.44. The first kappa shape index (κ1) is 20.3. The lowest BCUT2D eigenvalue weighted by molar-refractivity contribution is 0.229. The highest BCUT2D eigenvalue weighted by Gasteiger charge is 2.38. The highest BCUT2D eigenvalue weighted by molar-refractivity contribution is 5.85. The van der Waals surface area contributed by atoms with Crippen LogP contribution in [0.4, 0.5) is 0 Å². The van der Waals surface area contributed by atoms with Gasteiger partial charge in [0.1, 0.15) is 0 Å². The molecule has 1 fully saturated rings. The Kier molecular flexibility index (Phi) is 7.06. The van der Waals surface area contributed by atoms with E-state index in [0.29, 0.717) is 24.9 Å². The van der Waals surface area contributed by atoms with Crippen LogP contribution in [0.2, 0.25) is 0 Å². The lowest BCUT2D eigenvalue weighted by atomic mass is 9.77. The minimum atomic E-state index is -0.407. The van der Waals surface area contributed by atoms with Crippen LogP contribution in [0.25, 0.3) is 12.2 Å². The molecule has 2 N–H and O–H groups in total. The van der Waals surface area contributed by atoms with Crippen molar-refractivity contribution < 1.29 is 14.0 Å². The van der Waals surface area contributed by atoms with Crippen LogP contribution >= 0.6 is 12.4 Å². The zero-order valence-electron chi connectivity index (χ0n) is 15.2. The van der Waals surface area contributed by atoms with Gasteiger partial charge in [-0.2, -0.15) is 4.98 Å². The Labute approximate surface area is 160 Å². The summed E-state index contributed by atoms with van der Waals surface area (Å²) in [6.45, 7) is 5.28. The summed E-state index contributed by atoms with van der Waals surface area (Å²) in [5, 5.41) is 4.01. The molecule has 0 saturated heterocycles. The van der Waals surface area contributed by atoms with E-state index in [9.17, 15) is 0 Å². The third-order valence-corrected chi connectivity index (χ3v) is 4.28. The van der Waals surface area contributed by atoms with Gasteiger partial charge in [-0.25, -0.2) is 0 Å². The number of ether oxygens (including phenoxy) is 2. The van der Waals surface area contributed by atoms with Crippen LogP contribution in [0.5, 0.6) is 11.5 Å². The normalized spacial score (nSPS) is 15.3. The molecule has 7 heteroatoms. The van der Waals surface area contributed by atoms with E-state index in [2.05, 4.69) is 17.1 Å². The van der Waals surface area contributed by atoms with Crippen LogP contribution < -0.4 is 15.2 Å². The Balaban J connectivity index is 0.00000243. The first-order valence-electron chi connectivity index (χ1n) is 8.85. The molecule has 0 bridgehead atoms. The number of nitrogens with zero attached hydrogens (tertiary/aromatic N) is 2. The monoisotopic (exact) mass is 379 g/mol. The molecule has 1 saturated carbocycles. The van der Waals surface area contributed by atoms with Gasteiger partial charge in [0.05, 0.1) is 18.8 Å². The van der Waals surface area contributed by atoms with Crippen molar-refractivity contribution in [3.05, 3.63) is 35.5 Å². The fraction of sp³-hybridized carbons (Fsp3) is 0.474. The number of halogens is 1. The van der Waals surface area contributed by atoms with Gasteiger partial charge in [-0.1, -0.05) is 18.1 Å². The molecule has 1 heterocycles. The maximum atomic E-state index is 6.21. The summed E-state index contributed by atoms with van der Waals surface area (Å²) in [6.07, 6.45) is 7.58. The van der Waals surface area contributed by atoms with E-state index in [1.54, 1.807) is 6.08 Å². The molecule has 1 aliphatic carbocycles. The van der Waals surface area contributed by atoms with Crippen molar-refractivity contribution in [2.24, 2.45) is 5.73 Å². The molecule has 1 aliphatic rings. The fourth-order valence-electron chi connectivity index (χ4n) is 2.68. The number of hydrogen-bond acceptors (Lipinski definition) is 6. The molecule has 1 aromatic carbocycles. The van der Waals surface area contributed by atoms with E-state index in [1.807, 2.05) is 31.2 Å². The van der Waals surface area contributed by atoms with Gasteiger partial charge in [0.25, 0.3) is 5.89 Å². The summed E-state index contributed by atoms with van der Waals surface area (Å²) >= 11 is 0. The summed E-state index contributed by atoms with van der Waals surface area (Å²) in [4.78, 5) is 4.39. The predicted octanol–water partition coefficient (Wildman–Crippen LogP) is 4.19. The van der Waals surface area contributed by atoms with Crippen molar-refractivity contribution in [3.63, 3.8) is 0 Å². The molecular formula is C19H26ClN3O3. The van der Waals surface area contributed by atoms with Crippen LogP contribution in [0.15, 0.2) is 22.7 Å². The summed E-state index contributed by atoms with van der Waals surface area (Å²) in [5.74, 6) is 2.54. The Morgan fingerprint density at radius 2 is 2.00 bits per heavy atom. The van der Waals surface area contributed by atoms with Gasteiger partial charge in [-0.05, 0) is 56.4 Å². The minimum absolute atomic E-state index is 0. The zero-order valence-corrected chi connectivity index (χ0v) is 16.1. The smallest absolute Gasteiger partial charge is 0.250 e. The van der Waals surface area contributed by atoms with Crippen LogP contribution in [0.3, 0.4) is 0 Å². The quantitative estimate of drug-likeness (QED) is 0.740. The zero-order chi connectivity index (χ0) is 17.7. The first-order chi connectivity index (χ1) is 12.1. The molecule has 1 aromatic heterocycles. The maximum Gasteiger partial charge on any atom is 0.250 e. The summed E-state index contributed by atoms with van der Waals surface area (Å²) in [6, 6.07) is 5.83. The fourth-order valence-corrected chi connectivity index (χ4v) is 2.68. The molecule has 0 amide bonds. The van der Waals surface area contributed by atoms with E-state index in [1.165, 1.54) is 0 Å². The average Bonchev–Trinajstić information content (AvgIpc) is 3.06. The number of rotatable bonds is 8. The van der Waals surface area contributed by atoms with E-state index in [4.69, 9.17) is 19.7 Å². The Morgan fingerprint density at radius 3 is 2.65 bits per heavy atom. The van der Waals surface area contributed by atoms with Gasteiger partial charge in [0.15, 0.2) is 17.3 Å². The number of nitrogens with two attached hydrogens (primary N) is 1. The number of aromatic nitrogens is 2. The highest BCUT2D eigenvalue weighted by Crippen LogP contribution is 2.37. The van der Waals surface area contributed by atoms with Gasteiger partial charge >= 0.3 is 0 Å². The van der Waals surface area contributed by atoms with E-state index in [-0.39, 0.29) is 12.4 Å². The van der Waals surface area contributed by atoms with Crippen molar-refractivity contribution in [1.82, 2.24) is 10.1 Å². The van der Waals surface area contributed by atoms with Crippen LogP contribution in [-0.4, -0.2) is 23.4 Å². The molecule has 0 atom stereocenters.